The van der Waals surface area contributed by atoms with Crippen molar-refractivity contribution in [3.05, 3.63) is 10.1 Å². The van der Waals surface area contributed by atoms with E-state index < -0.39 is 14.1 Å². The Hall–Kier alpha value is 0.950. The topological polar surface area (TPSA) is 20.3 Å². The number of nitrogens with zero attached hydrogens (tertiary/aromatic N) is 1. The maximum Gasteiger partial charge on any atom is 0.222 e. The quantitative estimate of drug-likeness (QED) is 0.126. The number of fused-ring (bicyclic) bond motifs is 6. The summed E-state index contributed by atoms with van der Waals surface area (Å²) in [5, 5.41) is 0.663. The van der Waals surface area contributed by atoms with E-state index in [0.717, 1.165) is 82.7 Å². The molecule has 0 unspecified atom stereocenters. The van der Waals surface area contributed by atoms with Gasteiger partial charge in [0.1, 0.15) is 9.75 Å². The van der Waals surface area contributed by atoms with Gasteiger partial charge in [-0.25, -0.2) is 0 Å². The second-order valence-corrected chi connectivity index (χ2v) is 16.2. The third kappa shape index (κ3) is 6.43. The van der Waals surface area contributed by atoms with Gasteiger partial charge in [-0.05, 0) is 68.6 Å². The number of hydrogen-bond acceptors (Lipinski definition) is 1. The van der Waals surface area contributed by atoms with Crippen molar-refractivity contribution in [3.8, 4) is 0 Å². The van der Waals surface area contributed by atoms with Crippen LogP contribution < -0.4 is 0 Å². The highest BCUT2D eigenvalue weighted by Gasteiger charge is 2.81. The van der Waals surface area contributed by atoms with Gasteiger partial charge in [0.25, 0.3) is 0 Å². The normalized spacial score (nSPS) is 35.2. The number of halogens is 6. The van der Waals surface area contributed by atoms with Crippen molar-refractivity contribution in [1.29, 1.82) is 0 Å². The summed E-state index contributed by atoms with van der Waals surface area (Å²) in [4.78, 5) is 12.7. The van der Waals surface area contributed by atoms with Crippen molar-refractivity contribution in [2.45, 2.75) is 137 Å². The van der Waals surface area contributed by atoms with Crippen LogP contribution in [0.4, 0.5) is 0 Å². The van der Waals surface area contributed by atoms with Gasteiger partial charge in [0, 0.05) is 19.5 Å². The number of amides is 1. The molecule has 4 atom stereocenters. The molecule has 0 radical (unpaired) electrons. The standard InChI is InChI=1S/C31H47Cl6NO/c1-2-3-4-5-7-10-13-24-25(30(35)28(33)27(32)29(24,34)31(30,36)37)14-11-8-6-9-12-15-26(39)38-20-22-16-17-23(21-38)19-18-22/h22-25H,2-21H2,1H3/t22?,23?,24-,25-,29-,30-/m0/s1. The molecule has 2 aliphatic heterocycles. The zero-order chi connectivity index (χ0) is 28.3. The number of carbonyl (C=O) groups is 1. The molecule has 2 saturated heterocycles. The first-order chi connectivity index (χ1) is 18.6. The minimum Gasteiger partial charge on any atom is -0.342 e. The first-order valence-corrected chi connectivity index (χ1v) is 17.9. The molecule has 8 heteroatoms. The van der Waals surface area contributed by atoms with E-state index in [1.807, 2.05) is 0 Å². The van der Waals surface area contributed by atoms with E-state index in [0.29, 0.717) is 22.4 Å². The van der Waals surface area contributed by atoms with Crippen LogP contribution in [-0.4, -0.2) is 38.0 Å². The van der Waals surface area contributed by atoms with Crippen LogP contribution >= 0.6 is 69.6 Å². The molecule has 3 aliphatic carbocycles. The Morgan fingerprint density at radius 1 is 0.692 bits per heavy atom. The molecular formula is C31H47Cl6NO. The second kappa shape index (κ2) is 14.2. The lowest BCUT2D eigenvalue weighted by Gasteiger charge is -2.37. The Labute approximate surface area is 267 Å². The van der Waals surface area contributed by atoms with Crippen molar-refractivity contribution >= 4 is 75.5 Å². The van der Waals surface area contributed by atoms with Gasteiger partial charge >= 0.3 is 0 Å². The summed E-state index contributed by atoms with van der Waals surface area (Å²) in [5.74, 6) is 1.81. The molecule has 39 heavy (non-hydrogen) atoms. The largest absolute Gasteiger partial charge is 0.342 e. The molecule has 2 nitrogen and oxygen atoms in total. The molecular weight excluding hydrogens is 615 g/mol. The number of unbranched alkanes of at least 4 members (excludes halogenated alkanes) is 9. The highest BCUT2D eigenvalue weighted by Crippen LogP contribution is 2.77. The summed E-state index contributed by atoms with van der Waals surface area (Å²) in [6.07, 6.45) is 20.2. The van der Waals surface area contributed by atoms with E-state index in [4.69, 9.17) is 69.6 Å². The summed E-state index contributed by atoms with van der Waals surface area (Å²) < 4.78 is -1.44. The minimum atomic E-state index is -1.44. The molecule has 1 amide bonds. The van der Waals surface area contributed by atoms with Gasteiger partial charge in [-0.15, -0.1) is 23.2 Å². The van der Waals surface area contributed by atoms with Gasteiger partial charge in [0.15, 0.2) is 4.33 Å². The third-order valence-corrected chi connectivity index (χ3v) is 14.7. The Kier molecular flexibility index (Phi) is 11.9. The van der Waals surface area contributed by atoms with Gasteiger partial charge in [0.05, 0.1) is 10.1 Å². The van der Waals surface area contributed by atoms with Crippen molar-refractivity contribution in [2.75, 3.05) is 13.1 Å². The molecule has 0 aromatic rings. The lowest BCUT2D eigenvalue weighted by atomic mass is 9.76. The average molecular weight is 662 g/mol. The van der Waals surface area contributed by atoms with Crippen molar-refractivity contribution in [1.82, 2.24) is 4.90 Å². The van der Waals surface area contributed by atoms with Crippen LogP contribution in [0.1, 0.15) is 122 Å². The number of hydrogen-bond donors (Lipinski definition) is 0. The lowest BCUT2D eigenvalue weighted by molar-refractivity contribution is -0.131. The Bertz CT molecular complexity index is 857. The van der Waals surface area contributed by atoms with E-state index >= 15 is 0 Å². The molecule has 0 aromatic carbocycles. The first kappa shape index (κ1) is 32.9. The summed E-state index contributed by atoms with van der Waals surface area (Å²) in [5.41, 5.74) is 0. The lowest BCUT2D eigenvalue weighted by Crippen LogP contribution is -2.44. The molecule has 224 valence electrons. The maximum absolute atomic E-state index is 12.8. The van der Waals surface area contributed by atoms with Crippen molar-refractivity contribution in [2.24, 2.45) is 23.7 Å². The highest BCUT2D eigenvalue weighted by molar-refractivity contribution is 6.65. The number of alkyl halides is 4. The van der Waals surface area contributed by atoms with Crippen LogP contribution in [-0.2, 0) is 4.79 Å². The molecule has 2 heterocycles. The van der Waals surface area contributed by atoms with Gasteiger partial charge in [-0.3, -0.25) is 4.79 Å². The van der Waals surface area contributed by atoms with Crippen LogP contribution in [0.5, 0.6) is 0 Å². The Morgan fingerprint density at radius 3 is 1.56 bits per heavy atom. The number of carbonyl (C=O) groups excluding carboxylic acids is 1. The van der Waals surface area contributed by atoms with Gasteiger partial charge in [-0.1, -0.05) is 118 Å². The molecule has 4 fully saturated rings. The van der Waals surface area contributed by atoms with E-state index in [1.165, 1.54) is 51.4 Å². The fraction of sp³-hybridized carbons (Fsp3) is 0.903. The monoisotopic (exact) mass is 659 g/mol. The highest BCUT2D eigenvalue weighted by atomic mass is 35.5. The van der Waals surface area contributed by atoms with Crippen molar-refractivity contribution < 1.29 is 4.79 Å². The predicted octanol–water partition coefficient (Wildman–Crippen LogP) is 11.2. The summed E-state index contributed by atoms with van der Waals surface area (Å²) in [6.45, 7) is 4.21. The van der Waals surface area contributed by atoms with Gasteiger partial charge in [0.2, 0.25) is 5.91 Å². The Balaban J connectivity index is 1.23. The average Bonchev–Trinajstić information content (AvgIpc) is 3.16. The van der Waals surface area contributed by atoms with E-state index in [1.54, 1.807) is 0 Å². The fourth-order valence-electron chi connectivity index (χ4n) is 7.98. The molecule has 4 bridgehead atoms. The van der Waals surface area contributed by atoms with E-state index in [2.05, 4.69) is 11.8 Å². The first-order valence-electron chi connectivity index (χ1n) is 15.7. The predicted molar refractivity (Wildman–Crippen MR) is 170 cm³/mol. The SMILES string of the molecule is CCCCCCCC[C@H]1[C@H](CCCCCCCC(=O)N2CC3CCC(CC3)C2)[C@]2(Cl)C(Cl)=C(Cl)[C@]1(Cl)C2(Cl)Cl. The van der Waals surface area contributed by atoms with Gasteiger partial charge < -0.3 is 4.90 Å². The van der Waals surface area contributed by atoms with Crippen LogP contribution in [0, 0.1) is 23.7 Å². The molecule has 5 rings (SSSR count). The van der Waals surface area contributed by atoms with Crippen LogP contribution in [0.2, 0.25) is 0 Å². The van der Waals surface area contributed by atoms with Crippen LogP contribution in [0.15, 0.2) is 10.1 Å². The van der Waals surface area contributed by atoms with Gasteiger partial charge in [-0.2, -0.15) is 0 Å². The second-order valence-electron chi connectivity index (χ2n) is 12.9. The smallest absolute Gasteiger partial charge is 0.222 e. The number of allylic oxidation sites excluding steroid dienone is 2. The molecule has 0 N–H and O–H groups in total. The molecule has 5 aliphatic rings. The van der Waals surface area contributed by atoms with Crippen LogP contribution in [0.3, 0.4) is 0 Å². The maximum atomic E-state index is 12.8. The Morgan fingerprint density at radius 2 is 1.10 bits per heavy atom. The van der Waals surface area contributed by atoms with Crippen molar-refractivity contribution in [3.63, 3.8) is 0 Å². The van der Waals surface area contributed by atoms with E-state index in [-0.39, 0.29) is 11.8 Å². The third-order valence-electron chi connectivity index (χ3n) is 10.3. The molecule has 0 aromatic heterocycles. The minimum absolute atomic E-state index is 0.00520. The van der Waals surface area contributed by atoms with E-state index in [9.17, 15) is 4.79 Å². The summed E-state index contributed by atoms with van der Waals surface area (Å²) >= 11 is 41.6. The molecule has 2 saturated carbocycles. The molecule has 0 spiro atoms. The fourth-order valence-corrected chi connectivity index (χ4v) is 11.1. The summed E-state index contributed by atoms with van der Waals surface area (Å²) in [7, 11) is 0. The zero-order valence-electron chi connectivity index (χ0n) is 23.6. The summed E-state index contributed by atoms with van der Waals surface area (Å²) in [6, 6.07) is 0. The zero-order valence-corrected chi connectivity index (χ0v) is 28.1. The van der Waals surface area contributed by atoms with Crippen LogP contribution in [0.25, 0.3) is 0 Å². The number of rotatable bonds is 15.